The highest BCUT2D eigenvalue weighted by Crippen LogP contribution is 2.15. The predicted octanol–water partition coefficient (Wildman–Crippen LogP) is -0.814. The number of carbonyl (C=O) groups excluding carboxylic acids is 1. The van der Waals surface area contributed by atoms with Crippen LogP contribution in [0.2, 0.25) is 0 Å². The number of rotatable bonds is 15. The lowest BCUT2D eigenvalue weighted by atomic mass is 10.3. The molecule has 0 heterocycles. The third kappa shape index (κ3) is 15.2. The summed E-state index contributed by atoms with van der Waals surface area (Å²) in [5, 5.41) is 12.9. The molecular formula is C14H30IN3O5. The first-order valence-corrected chi connectivity index (χ1v) is 8.73. The summed E-state index contributed by atoms with van der Waals surface area (Å²) in [6, 6.07) is 0. The highest BCUT2D eigenvalue weighted by atomic mass is 127. The van der Waals surface area contributed by atoms with Crippen LogP contribution in [-0.4, -0.2) is 92.4 Å². The Bertz CT molecular complexity index is 303. The van der Waals surface area contributed by atoms with Gasteiger partial charge in [-0.25, -0.2) is 0 Å². The van der Waals surface area contributed by atoms with Gasteiger partial charge in [-0.1, -0.05) is 0 Å². The highest BCUT2D eigenvalue weighted by Gasteiger charge is 2.23. The maximum absolute atomic E-state index is 12.1. The second kappa shape index (κ2) is 14.3. The van der Waals surface area contributed by atoms with Crippen LogP contribution in [0, 0.1) is 0 Å². The number of hydrogen-bond donors (Lipinski definition) is 3. The molecule has 0 radical (unpaired) electrons. The molecule has 0 aromatic heterocycles. The maximum atomic E-state index is 12.1. The van der Waals surface area contributed by atoms with Crippen molar-refractivity contribution < 1.29 is 24.1 Å². The first-order chi connectivity index (χ1) is 10.9. The molecule has 0 saturated heterocycles. The first-order valence-electron chi connectivity index (χ1n) is 7.65. The number of ether oxygens (including phenoxy) is 3. The average molecular weight is 447 g/mol. The minimum absolute atomic E-state index is 0.0877. The van der Waals surface area contributed by atoms with Gasteiger partial charge in [0.05, 0.1) is 46.1 Å². The molecule has 23 heavy (non-hydrogen) atoms. The zero-order valence-corrected chi connectivity index (χ0v) is 16.2. The van der Waals surface area contributed by atoms with Gasteiger partial charge in [-0.3, -0.25) is 4.79 Å². The van der Waals surface area contributed by atoms with Crippen LogP contribution in [0.3, 0.4) is 0 Å². The largest absolute Gasteiger partial charge is 0.382 e. The van der Waals surface area contributed by atoms with Crippen LogP contribution in [-0.2, 0) is 19.0 Å². The van der Waals surface area contributed by atoms with E-state index in [-0.39, 0.29) is 19.0 Å². The topological polar surface area (TPSA) is 106 Å². The fourth-order valence-electron chi connectivity index (χ4n) is 1.69. The Hall–Kier alpha value is -0.0400. The number of hydrogen-bond acceptors (Lipinski definition) is 7. The van der Waals surface area contributed by atoms with Crippen LogP contribution in [0.5, 0.6) is 0 Å². The first kappa shape index (κ1) is 23.0. The van der Waals surface area contributed by atoms with E-state index >= 15 is 0 Å². The summed E-state index contributed by atoms with van der Waals surface area (Å²) in [7, 11) is 1.62. The Labute approximate surface area is 152 Å². The van der Waals surface area contributed by atoms with Crippen molar-refractivity contribution in [3.05, 3.63) is 0 Å². The van der Waals surface area contributed by atoms with Crippen molar-refractivity contribution in [1.82, 2.24) is 10.2 Å². The molecule has 0 saturated carbocycles. The van der Waals surface area contributed by atoms with Crippen molar-refractivity contribution in [2.45, 2.75) is 10.5 Å². The van der Waals surface area contributed by atoms with Gasteiger partial charge in [0.25, 0.3) is 0 Å². The van der Waals surface area contributed by atoms with Gasteiger partial charge in [0.1, 0.15) is 3.61 Å². The lowest BCUT2D eigenvalue weighted by Gasteiger charge is -2.28. The zero-order chi connectivity index (χ0) is 17.6. The molecule has 0 aliphatic rings. The smallest absolute Gasteiger partial charge is 0.236 e. The van der Waals surface area contributed by atoms with Crippen molar-refractivity contribution >= 4 is 28.5 Å². The molecule has 0 spiro atoms. The Balaban J connectivity index is 3.99. The fraction of sp³-hybridized carbons (Fsp3) is 0.929. The van der Waals surface area contributed by atoms with E-state index in [1.54, 1.807) is 18.9 Å². The number of nitrogens with two attached hydrogens (primary N) is 1. The SMILES string of the molecule is COCCOCCOCCN(CC(C)(O)I)C(=O)CNCCN. The molecule has 138 valence electrons. The number of amides is 1. The summed E-state index contributed by atoms with van der Waals surface area (Å²) in [6.45, 7) is 6.00. The van der Waals surface area contributed by atoms with Gasteiger partial charge in [-0.15, -0.1) is 0 Å². The number of alkyl halides is 1. The number of nitrogens with one attached hydrogen (secondary N) is 1. The Morgan fingerprint density at radius 2 is 1.87 bits per heavy atom. The van der Waals surface area contributed by atoms with Crippen LogP contribution in [0.1, 0.15) is 6.92 Å². The van der Waals surface area contributed by atoms with Crippen LogP contribution >= 0.6 is 22.6 Å². The van der Waals surface area contributed by atoms with Crippen molar-refractivity contribution in [3.63, 3.8) is 0 Å². The molecule has 8 nitrogen and oxygen atoms in total. The molecule has 4 N–H and O–H groups in total. The minimum Gasteiger partial charge on any atom is -0.382 e. The van der Waals surface area contributed by atoms with E-state index in [1.807, 2.05) is 22.6 Å². The Morgan fingerprint density at radius 1 is 1.26 bits per heavy atom. The van der Waals surface area contributed by atoms with Crippen LogP contribution in [0.25, 0.3) is 0 Å². The van der Waals surface area contributed by atoms with E-state index in [9.17, 15) is 9.90 Å². The van der Waals surface area contributed by atoms with Gasteiger partial charge >= 0.3 is 0 Å². The maximum Gasteiger partial charge on any atom is 0.236 e. The quantitative estimate of drug-likeness (QED) is 0.171. The van der Waals surface area contributed by atoms with E-state index in [1.165, 1.54) is 0 Å². The van der Waals surface area contributed by atoms with Gasteiger partial charge in [0.15, 0.2) is 0 Å². The number of methoxy groups -OCH3 is 1. The van der Waals surface area contributed by atoms with E-state index < -0.39 is 3.61 Å². The van der Waals surface area contributed by atoms with Crippen LogP contribution < -0.4 is 11.1 Å². The molecule has 0 fully saturated rings. The molecule has 0 aromatic rings. The number of nitrogens with zero attached hydrogens (tertiary/aromatic N) is 1. The molecule has 0 aliphatic heterocycles. The Morgan fingerprint density at radius 3 is 2.43 bits per heavy atom. The third-order valence-electron chi connectivity index (χ3n) is 2.74. The van der Waals surface area contributed by atoms with Gasteiger partial charge in [0.2, 0.25) is 5.91 Å². The summed E-state index contributed by atoms with van der Waals surface area (Å²) in [6.07, 6.45) is 0. The molecule has 1 atom stereocenters. The second-order valence-electron chi connectivity index (χ2n) is 5.14. The van der Waals surface area contributed by atoms with Crippen molar-refractivity contribution in [2.75, 3.05) is 72.9 Å². The van der Waals surface area contributed by atoms with E-state index in [2.05, 4.69) is 5.32 Å². The molecule has 0 aromatic carbocycles. The standard InChI is InChI=1S/C14H30IN3O5/c1-14(15,20)12-18(13(19)11-17-4-3-16)5-6-22-9-10-23-8-7-21-2/h17,20H,3-12,16H2,1-2H3. The molecule has 9 heteroatoms. The normalized spacial score (nSPS) is 13.8. The molecule has 1 amide bonds. The van der Waals surface area contributed by atoms with E-state index in [0.717, 1.165) is 0 Å². The van der Waals surface area contributed by atoms with Gasteiger partial charge in [0, 0.05) is 26.7 Å². The number of halogens is 1. The minimum atomic E-state index is -0.982. The molecule has 1 unspecified atom stereocenters. The van der Waals surface area contributed by atoms with Gasteiger partial charge in [-0.05, 0) is 29.5 Å². The second-order valence-corrected chi connectivity index (χ2v) is 7.46. The fourth-order valence-corrected chi connectivity index (χ4v) is 2.10. The van der Waals surface area contributed by atoms with Gasteiger partial charge < -0.3 is 35.3 Å². The lowest BCUT2D eigenvalue weighted by molar-refractivity contribution is -0.132. The number of aliphatic hydroxyl groups is 1. The third-order valence-corrected chi connectivity index (χ3v) is 3.08. The Kier molecular flexibility index (Phi) is 14.3. The summed E-state index contributed by atoms with van der Waals surface area (Å²) in [5.41, 5.74) is 5.38. The summed E-state index contributed by atoms with van der Waals surface area (Å²) >= 11 is 1.91. The van der Waals surface area contributed by atoms with Gasteiger partial charge in [-0.2, -0.15) is 0 Å². The molecule has 0 aliphatic carbocycles. The summed E-state index contributed by atoms with van der Waals surface area (Å²) < 4.78 is 14.6. The average Bonchev–Trinajstić information content (AvgIpc) is 2.47. The number of carbonyl (C=O) groups is 1. The monoisotopic (exact) mass is 447 g/mol. The molecule has 0 rings (SSSR count). The molecule has 0 bridgehead atoms. The predicted molar refractivity (Wildman–Crippen MR) is 96.7 cm³/mol. The van der Waals surface area contributed by atoms with Crippen LogP contribution in [0.15, 0.2) is 0 Å². The highest BCUT2D eigenvalue weighted by molar-refractivity contribution is 14.1. The van der Waals surface area contributed by atoms with Crippen molar-refractivity contribution in [3.8, 4) is 0 Å². The summed E-state index contributed by atoms with van der Waals surface area (Å²) in [5.74, 6) is -0.0877. The summed E-state index contributed by atoms with van der Waals surface area (Å²) in [4.78, 5) is 13.7. The van der Waals surface area contributed by atoms with E-state index in [4.69, 9.17) is 19.9 Å². The molecular weight excluding hydrogens is 417 g/mol. The van der Waals surface area contributed by atoms with Crippen molar-refractivity contribution in [1.29, 1.82) is 0 Å². The van der Waals surface area contributed by atoms with Crippen LogP contribution in [0.4, 0.5) is 0 Å². The lowest BCUT2D eigenvalue weighted by Crippen LogP contribution is -2.46. The van der Waals surface area contributed by atoms with E-state index in [0.29, 0.717) is 52.7 Å². The zero-order valence-electron chi connectivity index (χ0n) is 14.1. The van der Waals surface area contributed by atoms with Crippen molar-refractivity contribution in [2.24, 2.45) is 5.73 Å².